The summed E-state index contributed by atoms with van der Waals surface area (Å²) in [4.78, 5) is 0. The first kappa shape index (κ1) is 32.0. The summed E-state index contributed by atoms with van der Waals surface area (Å²) in [6, 6.07) is 4.52. The van der Waals surface area contributed by atoms with Crippen LogP contribution in [-0.2, 0) is 24.4 Å². The highest BCUT2D eigenvalue weighted by molar-refractivity contribution is 5.44. The van der Waals surface area contributed by atoms with Gasteiger partial charge in [-0.2, -0.15) is 0 Å². The van der Waals surface area contributed by atoms with Crippen LogP contribution in [0.2, 0.25) is 0 Å². The van der Waals surface area contributed by atoms with E-state index in [4.69, 9.17) is 0 Å². The molecular weight excluding hydrogens is 424 g/mol. The van der Waals surface area contributed by atoms with Crippen molar-refractivity contribution in [3.05, 3.63) is 28.8 Å². The molecule has 0 unspecified atom stereocenters. The second-order valence-corrected chi connectivity index (χ2v) is 11.2. The summed E-state index contributed by atoms with van der Waals surface area (Å²) in [5.74, 6) is 0.372. The van der Waals surface area contributed by atoms with E-state index in [2.05, 4.69) is 32.9 Å². The molecule has 1 heteroatoms. The van der Waals surface area contributed by atoms with E-state index < -0.39 is 0 Å². The standard InChI is InChI=1S/C34H61O/c1-4-7-10-12-14-16-18-20-22-24-27-32-29-31(26-9-6-3)30-33(34(32)35)28-25-23-21-19-17-15-13-11-8-5-2/h29-30H,4-28H2,1-3H3. The molecule has 0 heterocycles. The summed E-state index contributed by atoms with van der Waals surface area (Å²) in [6.07, 6.45) is 32.6. The Bertz CT molecular complexity index is 545. The highest BCUT2D eigenvalue weighted by atomic mass is 16.3. The predicted octanol–water partition coefficient (Wildman–Crippen LogP) is 12.1. The molecule has 0 aromatic heterocycles. The lowest BCUT2D eigenvalue weighted by Gasteiger charge is -2.12. The highest BCUT2D eigenvalue weighted by Gasteiger charge is 2.12. The third-order valence-corrected chi connectivity index (χ3v) is 7.72. The van der Waals surface area contributed by atoms with Crippen molar-refractivity contribution < 1.29 is 5.11 Å². The maximum absolute atomic E-state index is 13.2. The van der Waals surface area contributed by atoms with Crippen LogP contribution < -0.4 is 0 Å². The number of hydrogen-bond donors (Lipinski definition) is 0. The first-order valence-corrected chi connectivity index (χ1v) is 16.0. The molecule has 0 bridgehead atoms. The molecule has 0 N–H and O–H groups in total. The third-order valence-electron chi connectivity index (χ3n) is 7.72. The van der Waals surface area contributed by atoms with Crippen LogP contribution in [0.5, 0.6) is 5.75 Å². The first-order chi connectivity index (χ1) is 17.2. The van der Waals surface area contributed by atoms with Crippen LogP contribution >= 0.6 is 0 Å². The lowest BCUT2D eigenvalue weighted by molar-refractivity contribution is 0.343. The summed E-state index contributed by atoms with van der Waals surface area (Å²) in [5.41, 5.74) is 3.64. The van der Waals surface area contributed by atoms with E-state index in [1.807, 2.05) is 0 Å². The van der Waals surface area contributed by atoms with Crippen LogP contribution in [0, 0.1) is 0 Å². The van der Waals surface area contributed by atoms with Gasteiger partial charge in [0.25, 0.3) is 0 Å². The van der Waals surface area contributed by atoms with Crippen molar-refractivity contribution in [1.82, 2.24) is 0 Å². The van der Waals surface area contributed by atoms with Crippen molar-refractivity contribution in [2.24, 2.45) is 0 Å². The number of benzene rings is 1. The molecule has 1 radical (unpaired) electrons. The summed E-state index contributed by atoms with van der Waals surface area (Å²) in [5, 5.41) is 13.2. The Morgan fingerprint density at radius 3 is 1.06 bits per heavy atom. The van der Waals surface area contributed by atoms with E-state index in [-0.39, 0.29) is 0 Å². The molecule has 0 amide bonds. The maximum atomic E-state index is 13.2. The van der Waals surface area contributed by atoms with Gasteiger partial charge in [0, 0.05) is 11.1 Å². The normalized spacial score (nSPS) is 11.4. The molecule has 0 fully saturated rings. The van der Waals surface area contributed by atoms with Gasteiger partial charge >= 0.3 is 0 Å². The molecule has 0 aliphatic rings. The van der Waals surface area contributed by atoms with Gasteiger partial charge in [-0.25, -0.2) is 0 Å². The average Bonchev–Trinajstić information content (AvgIpc) is 2.87. The summed E-state index contributed by atoms with van der Waals surface area (Å²) in [6.45, 7) is 6.83. The number of hydrogen-bond acceptors (Lipinski definition) is 0. The SMILES string of the molecule is CCCCCCCCCCCCc1cc(CCCC)cc(CCCCCCCCCCCC)c1[O]. The van der Waals surface area contributed by atoms with Crippen LogP contribution in [0.25, 0.3) is 0 Å². The Kier molecular flexibility index (Phi) is 21.4. The third kappa shape index (κ3) is 17.2. The Morgan fingerprint density at radius 2 is 0.714 bits per heavy atom. The van der Waals surface area contributed by atoms with Crippen LogP contribution in [0.1, 0.15) is 179 Å². The topological polar surface area (TPSA) is 19.9 Å². The summed E-state index contributed by atoms with van der Waals surface area (Å²) >= 11 is 0. The molecule has 1 aromatic rings. The monoisotopic (exact) mass is 485 g/mol. The van der Waals surface area contributed by atoms with Crippen molar-refractivity contribution in [3.63, 3.8) is 0 Å². The number of rotatable bonds is 25. The van der Waals surface area contributed by atoms with E-state index >= 15 is 0 Å². The summed E-state index contributed by atoms with van der Waals surface area (Å²) < 4.78 is 0. The molecule has 0 aliphatic carbocycles. The van der Waals surface area contributed by atoms with Crippen LogP contribution in [0.15, 0.2) is 12.1 Å². The summed E-state index contributed by atoms with van der Waals surface area (Å²) in [7, 11) is 0. The Balaban J connectivity index is 2.35. The smallest absolute Gasteiger partial charge is 0.185 e. The molecule has 1 rings (SSSR count). The van der Waals surface area contributed by atoms with Gasteiger partial charge in [-0.3, -0.25) is 5.11 Å². The van der Waals surface area contributed by atoms with Crippen LogP contribution in [0.3, 0.4) is 0 Å². The number of unbranched alkanes of at least 4 members (excludes halogenated alkanes) is 19. The molecule has 1 aromatic carbocycles. The first-order valence-electron chi connectivity index (χ1n) is 16.0. The van der Waals surface area contributed by atoms with Crippen LogP contribution in [-0.4, -0.2) is 0 Å². The zero-order chi connectivity index (χ0) is 25.4. The van der Waals surface area contributed by atoms with E-state index in [1.165, 1.54) is 147 Å². The lowest BCUT2D eigenvalue weighted by atomic mass is 9.94. The van der Waals surface area contributed by atoms with Gasteiger partial charge in [-0.1, -0.05) is 155 Å². The van der Waals surface area contributed by atoms with Gasteiger partial charge < -0.3 is 0 Å². The van der Waals surface area contributed by atoms with Crippen molar-refractivity contribution >= 4 is 0 Å². The molecule has 35 heavy (non-hydrogen) atoms. The van der Waals surface area contributed by atoms with Gasteiger partial charge in [-0.15, -0.1) is 0 Å². The molecule has 0 saturated carbocycles. The van der Waals surface area contributed by atoms with Crippen molar-refractivity contribution in [1.29, 1.82) is 0 Å². The highest BCUT2D eigenvalue weighted by Crippen LogP contribution is 2.30. The fourth-order valence-corrected chi connectivity index (χ4v) is 5.33. The van der Waals surface area contributed by atoms with E-state index in [1.54, 1.807) is 0 Å². The van der Waals surface area contributed by atoms with E-state index in [0.29, 0.717) is 5.75 Å². The Labute approximate surface area is 220 Å². The predicted molar refractivity (Wildman–Crippen MR) is 156 cm³/mol. The fraction of sp³-hybridized carbons (Fsp3) is 0.824. The van der Waals surface area contributed by atoms with Gasteiger partial charge in [0.15, 0.2) is 5.75 Å². The largest absolute Gasteiger partial charge is 0.289 e. The fourth-order valence-electron chi connectivity index (χ4n) is 5.33. The van der Waals surface area contributed by atoms with Crippen molar-refractivity contribution in [2.45, 2.75) is 181 Å². The zero-order valence-corrected chi connectivity index (χ0v) is 24.2. The lowest BCUT2D eigenvalue weighted by Crippen LogP contribution is -1.97. The minimum atomic E-state index is 0.372. The molecular formula is C34H61O. The van der Waals surface area contributed by atoms with Gasteiger partial charge in [0.1, 0.15) is 0 Å². The maximum Gasteiger partial charge on any atom is 0.185 e. The molecule has 203 valence electrons. The second kappa shape index (κ2) is 23.4. The van der Waals surface area contributed by atoms with Crippen molar-refractivity contribution in [2.75, 3.05) is 0 Å². The molecule has 0 atom stereocenters. The average molecular weight is 486 g/mol. The Morgan fingerprint density at radius 1 is 0.400 bits per heavy atom. The van der Waals surface area contributed by atoms with E-state index in [0.717, 1.165) is 30.4 Å². The van der Waals surface area contributed by atoms with Crippen LogP contribution in [0.4, 0.5) is 0 Å². The van der Waals surface area contributed by atoms with Gasteiger partial charge in [0.05, 0.1) is 0 Å². The zero-order valence-electron chi connectivity index (χ0n) is 24.2. The quantitative estimate of drug-likeness (QED) is 0.123. The van der Waals surface area contributed by atoms with Gasteiger partial charge in [-0.05, 0) is 44.1 Å². The minimum Gasteiger partial charge on any atom is -0.289 e. The second-order valence-electron chi connectivity index (χ2n) is 11.2. The number of aryl methyl sites for hydroxylation is 3. The van der Waals surface area contributed by atoms with E-state index in [9.17, 15) is 5.11 Å². The Hall–Kier alpha value is -0.980. The van der Waals surface area contributed by atoms with Crippen molar-refractivity contribution in [3.8, 4) is 5.75 Å². The molecule has 1 nitrogen and oxygen atoms in total. The molecule has 0 saturated heterocycles. The minimum absolute atomic E-state index is 0.372. The molecule has 0 aliphatic heterocycles. The van der Waals surface area contributed by atoms with Gasteiger partial charge in [0.2, 0.25) is 0 Å². The molecule has 0 spiro atoms.